The first-order valence-electron chi connectivity index (χ1n) is 8.03. The van der Waals surface area contributed by atoms with Crippen LogP contribution in [-0.4, -0.2) is 23.7 Å². The van der Waals surface area contributed by atoms with Crippen molar-refractivity contribution in [2.45, 2.75) is 18.9 Å². The van der Waals surface area contributed by atoms with Crippen molar-refractivity contribution < 1.29 is 9.53 Å². The largest absolute Gasteiger partial charge is 0.488 e. The highest BCUT2D eigenvalue weighted by Gasteiger charge is 2.20. The summed E-state index contributed by atoms with van der Waals surface area (Å²) in [6, 6.07) is 13.2. The number of ether oxygens (including phenoxy) is 1. The number of rotatable bonds is 3. The second kappa shape index (κ2) is 6.90. The van der Waals surface area contributed by atoms with Gasteiger partial charge in [-0.3, -0.25) is 5.32 Å². The molecule has 3 aromatic rings. The zero-order valence-electron chi connectivity index (χ0n) is 13.3. The van der Waals surface area contributed by atoms with Crippen molar-refractivity contribution in [3.8, 4) is 5.75 Å². The maximum absolute atomic E-state index is 12.1. The molecule has 5 nitrogen and oxygen atoms in total. The number of amides is 2. The number of nitrogens with zero attached hydrogens (tertiary/aromatic N) is 1. The average molecular weight is 374 g/mol. The maximum Gasteiger partial charge on any atom is 0.321 e. The molecule has 0 aliphatic carbocycles. The van der Waals surface area contributed by atoms with Crippen molar-refractivity contribution in [3.05, 3.63) is 53.1 Å². The van der Waals surface area contributed by atoms with E-state index in [-0.39, 0.29) is 12.1 Å². The zero-order chi connectivity index (χ0) is 17.2. The fourth-order valence-electron chi connectivity index (χ4n) is 2.82. The van der Waals surface area contributed by atoms with Crippen molar-refractivity contribution >= 4 is 44.3 Å². The lowest BCUT2D eigenvalue weighted by Crippen LogP contribution is -2.39. The number of anilines is 1. The minimum absolute atomic E-state index is 0.0187. The quantitative estimate of drug-likeness (QED) is 0.712. The minimum atomic E-state index is -0.285. The number of para-hydroxylation sites is 1. The molecule has 2 heterocycles. The van der Waals surface area contributed by atoms with Gasteiger partial charge in [0.05, 0.1) is 16.8 Å². The Labute approximate surface area is 154 Å². The molecular formula is C18H16ClN3O2S. The van der Waals surface area contributed by atoms with Crippen molar-refractivity contribution in [2.24, 2.45) is 0 Å². The van der Waals surface area contributed by atoms with E-state index in [0.29, 0.717) is 16.7 Å². The molecule has 2 aromatic carbocycles. The molecule has 0 bridgehead atoms. The second-order valence-corrected chi connectivity index (χ2v) is 7.32. The molecule has 7 heteroatoms. The van der Waals surface area contributed by atoms with Gasteiger partial charge in [0.2, 0.25) is 0 Å². The Morgan fingerprint density at radius 2 is 2.20 bits per heavy atom. The van der Waals surface area contributed by atoms with Crippen LogP contribution in [0.15, 0.2) is 42.5 Å². The predicted molar refractivity (Wildman–Crippen MR) is 101 cm³/mol. The third kappa shape index (κ3) is 3.70. The Hall–Kier alpha value is -2.31. The van der Waals surface area contributed by atoms with Gasteiger partial charge in [-0.1, -0.05) is 41.1 Å². The summed E-state index contributed by atoms with van der Waals surface area (Å²) < 4.78 is 6.86. The molecule has 0 radical (unpaired) electrons. The van der Waals surface area contributed by atoms with E-state index in [2.05, 4.69) is 21.7 Å². The second-order valence-electron chi connectivity index (χ2n) is 5.85. The number of fused-ring (bicyclic) bond motifs is 2. The lowest BCUT2D eigenvalue weighted by atomic mass is 10.0. The third-order valence-corrected chi connectivity index (χ3v) is 5.23. The molecule has 2 N–H and O–H groups in total. The number of hydrogen-bond donors (Lipinski definition) is 2. The van der Waals surface area contributed by atoms with Crippen LogP contribution in [0.2, 0.25) is 5.02 Å². The van der Waals surface area contributed by atoms with Crippen LogP contribution in [0, 0.1) is 0 Å². The normalized spacial score (nSPS) is 16.1. The van der Waals surface area contributed by atoms with Crippen LogP contribution in [0.1, 0.15) is 12.0 Å². The van der Waals surface area contributed by atoms with E-state index in [1.807, 2.05) is 30.3 Å². The van der Waals surface area contributed by atoms with Crippen molar-refractivity contribution in [1.82, 2.24) is 10.3 Å². The van der Waals surface area contributed by atoms with E-state index < -0.39 is 0 Å². The number of halogens is 1. The van der Waals surface area contributed by atoms with E-state index in [1.165, 1.54) is 16.9 Å². The van der Waals surface area contributed by atoms with Crippen LogP contribution < -0.4 is 15.4 Å². The Bertz CT molecular complexity index is 928. The first kappa shape index (κ1) is 16.2. The van der Waals surface area contributed by atoms with Gasteiger partial charge in [0, 0.05) is 5.02 Å². The standard InChI is InChI=1S/C18H16ClN3O2S/c19-12-6-8-14-16(9-12)25-18(21-14)22-17(23)20-10-13-7-5-11-3-1-2-4-15(11)24-13/h1-4,6,8-9,13H,5,7,10H2,(H2,20,21,22,23). The molecule has 2 amide bonds. The number of aromatic nitrogens is 1. The number of aryl methyl sites for hydroxylation is 1. The molecule has 1 unspecified atom stereocenters. The van der Waals surface area contributed by atoms with Crippen LogP contribution in [0.5, 0.6) is 5.75 Å². The van der Waals surface area contributed by atoms with E-state index in [0.717, 1.165) is 28.8 Å². The highest BCUT2D eigenvalue weighted by molar-refractivity contribution is 7.22. The van der Waals surface area contributed by atoms with E-state index in [1.54, 1.807) is 6.07 Å². The van der Waals surface area contributed by atoms with Gasteiger partial charge in [0.1, 0.15) is 11.9 Å². The SMILES string of the molecule is O=C(NCC1CCc2ccccc2O1)Nc1nc2ccc(Cl)cc2s1. The molecule has 0 saturated carbocycles. The zero-order valence-corrected chi connectivity index (χ0v) is 14.9. The number of hydrogen-bond acceptors (Lipinski definition) is 4. The van der Waals surface area contributed by atoms with Crippen molar-refractivity contribution in [1.29, 1.82) is 0 Å². The molecule has 0 saturated heterocycles. The highest BCUT2D eigenvalue weighted by Crippen LogP contribution is 2.28. The van der Waals surface area contributed by atoms with Crippen molar-refractivity contribution in [2.75, 3.05) is 11.9 Å². The summed E-state index contributed by atoms with van der Waals surface area (Å²) in [7, 11) is 0. The van der Waals surface area contributed by atoms with Gasteiger partial charge in [-0.25, -0.2) is 9.78 Å². The van der Waals surface area contributed by atoms with E-state index >= 15 is 0 Å². The smallest absolute Gasteiger partial charge is 0.321 e. The Morgan fingerprint density at radius 3 is 3.12 bits per heavy atom. The van der Waals surface area contributed by atoms with Gasteiger partial charge in [-0.05, 0) is 42.7 Å². The van der Waals surface area contributed by atoms with Crippen molar-refractivity contribution in [3.63, 3.8) is 0 Å². The maximum atomic E-state index is 12.1. The van der Waals surface area contributed by atoms with Crippen LogP contribution in [-0.2, 0) is 6.42 Å². The summed E-state index contributed by atoms with van der Waals surface area (Å²) in [6.07, 6.45) is 1.83. The number of thiazole rings is 1. The lowest BCUT2D eigenvalue weighted by molar-refractivity contribution is 0.171. The van der Waals surface area contributed by atoms with E-state index in [4.69, 9.17) is 16.3 Å². The number of nitrogens with one attached hydrogen (secondary N) is 2. The van der Waals surface area contributed by atoms with Crippen LogP contribution in [0.4, 0.5) is 9.93 Å². The summed E-state index contributed by atoms with van der Waals surface area (Å²) in [4.78, 5) is 16.5. The highest BCUT2D eigenvalue weighted by atomic mass is 35.5. The molecule has 0 spiro atoms. The molecule has 1 atom stereocenters. The van der Waals surface area contributed by atoms with Crippen LogP contribution in [0.3, 0.4) is 0 Å². The van der Waals surface area contributed by atoms with Gasteiger partial charge < -0.3 is 10.1 Å². The van der Waals surface area contributed by atoms with Gasteiger partial charge in [0.25, 0.3) is 0 Å². The van der Waals surface area contributed by atoms with Gasteiger partial charge >= 0.3 is 6.03 Å². The summed E-state index contributed by atoms with van der Waals surface area (Å²) in [5.74, 6) is 0.906. The molecule has 128 valence electrons. The molecule has 4 rings (SSSR count). The van der Waals surface area contributed by atoms with E-state index in [9.17, 15) is 4.79 Å². The molecule has 0 fully saturated rings. The molecular weight excluding hydrogens is 358 g/mol. The summed E-state index contributed by atoms with van der Waals surface area (Å²) >= 11 is 7.36. The monoisotopic (exact) mass is 373 g/mol. The Kier molecular flexibility index (Phi) is 4.46. The first-order valence-corrected chi connectivity index (χ1v) is 9.22. The Morgan fingerprint density at radius 1 is 1.32 bits per heavy atom. The first-order chi connectivity index (χ1) is 12.2. The fourth-order valence-corrected chi connectivity index (χ4v) is 3.96. The fraction of sp³-hybridized carbons (Fsp3) is 0.222. The topological polar surface area (TPSA) is 63.2 Å². The summed E-state index contributed by atoms with van der Waals surface area (Å²) in [6.45, 7) is 0.455. The molecule has 1 aliphatic rings. The molecule has 1 aromatic heterocycles. The van der Waals surface area contributed by atoms with Gasteiger partial charge in [-0.15, -0.1) is 0 Å². The third-order valence-electron chi connectivity index (χ3n) is 4.06. The number of urea groups is 1. The summed E-state index contributed by atoms with van der Waals surface area (Å²) in [5.41, 5.74) is 2.04. The van der Waals surface area contributed by atoms with Crippen LogP contribution in [0.25, 0.3) is 10.2 Å². The minimum Gasteiger partial charge on any atom is -0.488 e. The van der Waals surface area contributed by atoms with Crippen LogP contribution >= 0.6 is 22.9 Å². The van der Waals surface area contributed by atoms with Gasteiger partial charge in [0.15, 0.2) is 5.13 Å². The predicted octanol–water partition coefficient (Wildman–Crippen LogP) is 4.47. The number of carbonyl (C=O) groups is 1. The van der Waals surface area contributed by atoms with Gasteiger partial charge in [-0.2, -0.15) is 0 Å². The number of carbonyl (C=O) groups excluding carboxylic acids is 1. The Balaban J connectivity index is 1.33. The molecule has 25 heavy (non-hydrogen) atoms. The molecule has 1 aliphatic heterocycles. The average Bonchev–Trinajstić information content (AvgIpc) is 3.01. The summed E-state index contributed by atoms with van der Waals surface area (Å²) in [5, 5.41) is 6.82. The lowest BCUT2D eigenvalue weighted by Gasteiger charge is -2.26. The number of benzene rings is 2.